The Morgan fingerprint density at radius 1 is 0.821 bits per heavy atom. The van der Waals surface area contributed by atoms with E-state index in [1.54, 1.807) is 50.6 Å². The van der Waals surface area contributed by atoms with E-state index >= 15 is 0 Å². The highest BCUT2D eigenvalue weighted by Crippen LogP contribution is 2.39. The van der Waals surface area contributed by atoms with Crippen LogP contribution in [0.3, 0.4) is 0 Å². The lowest BCUT2D eigenvalue weighted by Gasteiger charge is -2.17. The van der Waals surface area contributed by atoms with Gasteiger partial charge in [0, 0.05) is 7.11 Å². The van der Waals surface area contributed by atoms with Crippen LogP contribution in [0.25, 0.3) is 0 Å². The first-order valence-electron chi connectivity index (χ1n) is 11.7. The maximum atomic E-state index is 12.9. The first-order chi connectivity index (χ1) is 18.8. The summed E-state index contributed by atoms with van der Waals surface area (Å²) in [6.45, 7) is -0.0951. The minimum Gasteiger partial charge on any atom is -0.497 e. The molecule has 0 aliphatic carbocycles. The Kier molecular flexibility index (Phi) is 10.5. The highest BCUT2D eigenvalue weighted by molar-refractivity contribution is 6.47. The third-order valence-electron chi connectivity index (χ3n) is 5.54. The van der Waals surface area contributed by atoms with Crippen molar-refractivity contribution in [3.63, 3.8) is 0 Å². The van der Waals surface area contributed by atoms with Gasteiger partial charge in [-0.2, -0.15) is 0 Å². The van der Waals surface area contributed by atoms with Crippen molar-refractivity contribution in [3.8, 4) is 23.0 Å². The number of methoxy groups -OCH3 is 3. The van der Waals surface area contributed by atoms with Gasteiger partial charge in [-0.1, -0.05) is 35.9 Å². The molecule has 1 amide bonds. The minimum atomic E-state index is -1.41. The molecule has 0 saturated heterocycles. The number of hydrogen-bond acceptors (Lipinski definition) is 8. The number of carboxylic acids is 1. The predicted octanol–water partition coefficient (Wildman–Crippen LogP) is 3.91. The fraction of sp³-hybridized carbons (Fsp3) is 0.250. The van der Waals surface area contributed by atoms with Crippen LogP contribution in [0.4, 0.5) is 0 Å². The second-order valence-electron chi connectivity index (χ2n) is 8.18. The van der Waals surface area contributed by atoms with Crippen LogP contribution in [0.5, 0.6) is 23.0 Å². The number of ether oxygens (including phenoxy) is 5. The van der Waals surface area contributed by atoms with Gasteiger partial charge in [0.15, 0.2) is 17.5 Å². The molecule has 0 radical (unpaired) electrons. The third-order valence-corrected chi connectivity index (χ3v) is 5.92. The molecule has 3 aromatic carbocycles. The summed E-state index contributed by atoms with van der Waals surface area (Å²) in [5.41, 5.74) is 1.44. The van der Waals surface area contributed by atoms with E-state index in [9.17, 15) is 19.5 Å². The van der Waals surface area contributed by atoms with Crippen molar-refractivity contribution in [2.45, 2.75) is 19.3 Å². The summed E-state index contributed by atoms with van der Waals surface area (Å²) in [4.78, 5) is 36.8. The second kappa shape index (κ2) is 14.0. The number of halogens is 1. The Labute approximate surface area is 230 Å². The summed E-state index contributed by atoms with van der Waals surface area (Å²) in [5.74, 6) is -1.90. The maximum absolute atomic E-state index is 12.9. The van der Waals surface area contributed by atoms with E-state index in [4.69, 9.17) is 35.3 Å². The molecule has 0 spiro atoms. The van der Waals surface area contributed by atoms with E-state index in [0.29, 0.717) is 11.5 Å². The smallest absolute Gasteiger partial charge is 0.328 e. The van der Waals surface area contributed by atoms with Crippen LogP contribution in [0.1, 0.15) is 21.5 Å². The number of hydrogen-bond donors (Lipinski definition) is 2. The molecule has 11 heteroatoms. The van der Waals surface area contributed by atoms with Crippen molar-refractivity contribution in [1.82, 2.24) is 5.32 Å². The van der Waals surface area contributed by atoms with Crippen molar-refractivity contribution >= 4 is 29.3 Å². The fourth-order valence-corrected chi connectivity index (χ4v) is 3.71. The van der Waals surface area contributed by atoms with Gasteiger partial charge in [0.25, 0.3) is 11.7 Å². The van der Waals surface area contributed by atoms with Gasteiger partial charge in [0.05, 0.1) is 31.4 Å². The Morgan fingerprint density at radius 3 is 1.85 bits per heavy atom. The van der Waals surface area contributed by atoms with E-state index in [1.807, 2.05) is 12.1 Å². The van der Waals surface area contributed by atoms with Crippen molar-refractivity contribution in [2.75, 3.05) is 27.9 Å². The molecule has 39 heavy (non-hydrogen) atoms. The number of aliphatic carboxylic acids is 1. The number of rotatable bonds is 14. The summed E-state index contributed by atoms with van der Waals surface area (Å²) in [6.07, 6.45) is 0. The normalized spacial score (nSPS) is 11.3. The fourth-order valence-electron chi connectivity index (χ4n) is 3.41. The summed E-state index contributed by atoms with van der Waals surface area (Å²) in [5, 5.41) is 11.2. The average Bonchev–Trinajstić information content (AvgIpc) is 2.95. The third kappa shape index (κ3) is 7.86. The first kappa shape index (κ1) is 29.3. The van der Waals surface area contributed by atoms with Crippen LogP contribution in [-0.4, -0.2) is 56.7 Å². The van der Waals surface area contributed by atoms with Gasteiger partial charge in [0.1, 0.15) is 24.7 Å². The number of amides is 1. The van der Waals surface area contributed by atoms with E-state index in [2.05, 4.69) is 5.32 Å². The molecule has 0 aliphatic heterocycles. The zero-order valence-electron chi connectivity index (χ0n) is 21.6. The van der Waals surface area contributed by atoms with Gasteiger partial charge in [0.2, 0.25) is 0 Å². The van der Waals surface area contributed by atoms with Gasteiger partial charge in [-0.15, -0.1) is 0 Å². The molecule has 2 N–H and O–H groups in total. The SMILES string of the molecule is COC[C@@H](NC(=O)C(=O)c1ccc(OCc2ccc(OC)cc2)c(OCc2ccc(OC)cc2)c1Cl)C(=O)O. The summed E-state index contributed by atoms with van der Waals surface area (Å²) >= 11 is 6.56. The monoisotopic (exact) mass is 557 g/mol. The summed E-state index contributed by atoms with van der Waals surface area (Å²) < 4.78 is 27.0. The molecule has 3 rings (SSSR count). The van der Waals surface area contributed by atoms with Crippen molar-refractivity contribution in [1.29, 1.82) is 0 Å². The molecule has 0 bridgehead atoms. The Bertz CT molecular complexity index is 1290. The quantitative estimate of drug-likeness (QED) is 0.224. The van der Waals surface area contributed by atoms with E-state index in [1.165, 1.54) is 19.2 Å². The number of carbonyl (C=O) groups is 3. The van der Waals surface area contributed by atoms with Crippen LogP contribution < -0.4 is 24.3 Å². The lowest BCUT2D eigenvalue weighted by Crippen LogP contribution is -2.46. The van der Waals surface area contributed by atoms with E-state index in [-0.39, 0.29) is 41.9 Å². The summed E-state index contributed by atoms with van der Waals surface area (Å²) in [6, 6.07) is 15.8. The van der Waals surface area contributed by atoms with Crippen LogP contribution in [0.15, 0.2) is 60.7 Å². The van der Waals surface area contributed by atoms with E-state index in [0.717, 1.165) is 11.1 Å². The predicted molar refractivity (Wildman–Crippen MR) is 142 cm³/mol. The summed E-state index contributed by atoms with van der Waals surface area (Å²) in [7, 11) is 4.41. The van der Waals surface area contributed by atoms with Crippen molar-refractivity contribution in [3.05, 3.63) is 82.4 Å². The number of nitrogens with one attached hydrogen (secondary N) is 1. The number of Topliss-reactive ketones (excluding diaryl/α,β-unsaturated/α-hetero) is 1. The number of carboxylic acid groups (broad SMARTS) is 1. The standard InChI is InChI=1S/C28H28ClNO9/c1-35-16-22(28(33)34)30-27(32)25(31)21-12-13-23(38-14-17-4-8-19(36-2)9-5-17)26(24(21)29)39-15-18-6-10-20(37-3)11-7-18/h4-13,22H,14-16H2,1-3H3,(H,30,32)(H,33,34)/t22-/m1/s1. The van der Waals surface area contributed by atoms with Crippen LogP contribution in [0, 0.1) is 0 Å². The molecule has 10 nitrogen and oxygen atoms in total. The average molecular weight is 558 g/mol. The van der Waals surface area contributed by atoms with Crippen LogP contribution in [0.2, 0.25) is 5.02 Å². The Hall–Kier alpha value is -4.28. The van der Waals surface area contributed by atoms with Crippen molar-refractivity contribution < 1.29 is 43.2 Å². The first-order valence-corrected chi connectivity index (χ1v) is 12.1. The highest BCUT2D eigenvalue weighted by atomic mass is 35.5. The van der Waals surface area contributed by atoms with Crippen LogP contribution in [-0.2, 0) is 27.5 Å². The maximum Gasteiger partial charge on any atom is 0.328 e. The lowest BCUT2D eigenvalue weighted by molar-refractivity contribution is -0.142. The van der Waals surface area contributed by atoms with Gasteiger partial charge in [-0.3, -0.25) is 9.59 Å². The zero-order valence-corrected chi connectivity index (χ0v) is 22.3. The molecular formula is C28H28ClNO9. The molecule has 206 valence electrons. The van der Waals surface area contributed by atoms with Gasteiger partial charge < -0.3 is 34.1 Å². The minimum absolute atomic E-state index is 0.0475. The largest absolute Gasteiger partial charge is 0.497 e. The van der Waals surface area contributed by atoms with Gasteiger partial charge in [-0.25, -0.2) is 4.79 Å². The molecule has 0 aliphatic rings. The zero-order chi connectivity index (χ0) is 28.4. The van der Waals surface area contributed by atoms with E-state index < -0.39 is 23.7 Å². The van der Waals surface area contributed by atoms with Gasteiger partial charge >= 0.3 is 5.97 Å². The highest BCUT2D eigenvalue weighted by Gasteiger charge is 2.28. The molecule has 0 fully saturated rings. The Balaban J connectivity index is 1.87. The molecule has 0 heterocycles. The molecule has 3 aromatic rings. The molecule has 0 saturated carbocycles. The number of benzene rings is 3. The topological polar surface area (TPSA) is 130 Å². The second-order valence-corrected chi connectivity index (χ2v) is 8.55. The number of ketones is 1. The van der Waals surface area contributed by atoms with Gasteiger partial charge in [-0.05, 0) is 47.5 Å². The Morgan fingerprint density at radius 2 is 1.36 bits per heavy atom. The van der Waals surface area contributed by atoms with Crippen LogP contribution >= 0.6 is 11.6 Å². The molecule has 0 aromatic heterocycles. The molecule has 0 unspecified atom stereocenters. The number of carbonyl (C=O) groups excluding carboxylic acids is 2. The lowest BCUT2D eigenvalue weighted by atomic mass is 10.1. The molecular weight excluding hydrogens is 530 g/mol. The van der Waals surface area contributed by atoms with Crippen molar-refractivity contribution in [2.24, 2.45) is 0 Å². The molecule has 1 atom stereocenters.